The fraction of sp³-hybridized carbons (Fsp3) is 0.318. The molecule has 1 aromatic carbocycles. The summed E-state index contributed by atoms with van der Waals surface area (Å²) in [7, 11) is 3.81. The number of aromatic nitrogens is 2. The Morgan fingerprint density at radius 2 is 1.86 bits per heavy atom. The van der Waals surface area contributed by atoms with Gasteiger partial charge < -0.3 is 14.2 Å². The molecule has 3 heterocycles. The van der Waals surface area contributed by atoms with Crippen molar-refractivity contribution in [2.75, 3.05) is 27.2 Å². The fourth-order valence-corrected chi connectivity index (χ4v) is 3.32. The molecule has 1 aliphatic rings. The monoisotopic (exact) mass is 376 g/mol. The van der Waals surface area contributed by atoms with E-state index in [9.17, 15) is 10.1 Å². The zero-order chi connectivity index (χ0) is 19.9. The van der Waals surface area contributed by atoms with Crippen molar-refractivity contribution < 1.29 is 9.53 Å². The molecule has 0 saturated carbocycles. The lowest BCUT2D eigenvalue weighted by molar-refractivity contribution is 0.112. The van der Waals surface area contributed by atoms with Gasteiger partial charge in [-0.15, -0.1) is 0 Å². The first-order chi connectivity index (χ1) is 13.7. The quantitative estimate of drug-likeness (QED) is 0.650. The predicted molar refractivity (Wildman–Crippen MR) is 109 cm³/mol. The molecule has 0 N–H and O–H groups in total. The van der Waals surface area contributed by atoms with Crippen LogP contribution in [0.3, 0.4) is 0 Å². The molecule has 0 unspecified atom stereocenters. The first-order valence-corrected chi connectivity index (χ1v) is 9.36. The van der Waals surface area contributed by atoms with Crippen molar-refractivity contribution >= 4 is 17.3 Å². The van der Waals surface area contributed by atoms with E-state index in [4.69, 9.17) is 4.74 Å². The topological polar surface area (TPSA) is 71.2 Å². The van der Waals surface area contributed by atoms with E-state index in [2.05, 4.69) is 23.0 Å². The number of fused-ring (bicyclic) bond motifs is 1. The largest absolute Gasteiger partial charge is 0.497 e. The van der Waals surface area contributed by atoms with E-state index in [-0.39, 0.29) is 0 Å². The number of hydrogen-bond acceptors (Lipinski definition) is 5. The molecule has 6 heteroatoms. The number of benzene rings is 1. The number of piperidine rings is 1. The summed E-state index contributed by atoms with van der Waals surface area (Å²) in [6.45, 7) is 2.64. The summed E-state index contributed by atoms with van der Waals surface area (Å²) < 4.78 is 7.00. The number of methoxy groups -OCH3 is 1. The summed E-state index contributed by atoms with van der Waals surface area (Å²) in [5.41, 5.74) is 2.20. The van der Waals surface area contributed by atoms with Gasteiger partial charge in [0.15, 0.2) is 6.29 Å². The Morgan fingerprint density at radius 1 is 1.14 bits per heavy atom. The van der Waals surface area contributed by atoms with E-state index >= 15 is 0 Å². The Hall–Kier alpha value is -3.17. The minimum Gasteiger partial charge on any atom is -0.497 e. The average Bonchev–Trinajstić information content (AvgIpc) is 3.18. The molecule has 1 fully saturated rings. The van der Waals surface area contributed by atoms with Gasteiger partial charge in [-0.05, 0) is 63.3 Å². The van der Waals surface area contributed by atoms with Gasteiger partial charge in [0.2, 0.25) is 0 Å². The molecule has 144 valence electrons. The second kappa shape index (κ2) is 9.16. The van der Waals surface area contributed by atoms with Crippen LogP contribution in [0.2, 0.25) is 0 Å². The molecule has 0 amide bonds. The van der Waals surface area contributed by atoms with E-state index in [0.29, 0.717) is 28.4 Å². The zero-order valence-corrected chi connectivity index (χ0v) is 16.3. The number of rotatable bonds is 3. The van der Waals surface area contributed by atoms with Crippen LogP contribution in [0.15, 0.2) is 42.7 Å². The summed E-state index contributed by atoms with van der Waals surface area (Å²) in [5.74, 6) is 0.768. The van der Waals surface area contributed by atoms with Gasteiger partial charge in [-0.3, -0.25) is 4.79 Å². The molecule has 4 rings (SSSR count). The highest BCUT2D eigenvalue weighted by atomic mass is 16.5. The van der Waals surface area contributed by atoms with Crippen molar-refractivity contribution in [1.82, 2.24) is 14.5 Å². The second-order valence-corrected chi connectivity index (χ2v) is 6.80. The maximum absolute atomic E-state index is 11.0. The first-order valence-electron chi connectivity index (χ1n) is 9.36. The highest BCUT2D eigenvalue weighted by Crippen LogP contribution is 2.24. The van der Waals surface area contributed by atoms with Crippen LogP contribution >= 0.6 is 0 Å². The smallest absolute Gasteiger partial charge is 0.152 e. The highest BCUT2D eigenvalue weighted by molar-refractivity contribution is 5.92. The number of ether oxygens (including phenoxy) is 1. The van der Waals surface area contributed by atoms with Crippen molar-refractivity contribution in [1.29, 1.82) is 5.26 Å². The molecule has 3 aromatic rings. The maximum atomic E-state index is 11.0. The number of likely N-dealkylation sites (tertiary alicyclic amines) is 1. The second-order valence-electron chi connectivity index (χ2n) is 6.80. The van der Waals surface area contributed by atoms with Crippen molar-refractivity contribution in [3.8, 4) is 17.5 Å². The van der Waals surface area contributed by atoms with Gasteiger partial charge in [-0.2, -0.15) is 5.26 Å². The number of carbonyl (C=O) groups excluding carboxylic acids is 1. The van der Waals surface area contributed by atoms with Crippen LogP contribution in [0.25, 0.3) is 16.7 Å². The molecule has 0 atom stereocenters. The lowest BCUT2D eigenvalue weighted by Gasteiger charge is -2.20. The summed E-state index contributed by atoms with van der Waals surface area (Å²) in [6.07, 6.45) is 8.18. The van der Waals surface area contributed by atoms with Gasteiger partial charge in [0, 0.05) is 23.5 Å². The molecule has 1 aliphatic heterocycles. The van der Waals surface area contributed by atoms with Crippen LogP contribution in [0, 0.1) is 11.3 Å². The van der Waals surface area contributed by atoms with Crippen LogP contribution in [0.1, 0.15) is 35.2 Å². The number of hydrogen-bond donors (Lipinski definition) is 0. The zero-order valence-electron chi connectivity index (χ0n) is 16.3. The third kappa shape index (κ3) is 4.21. The number of nitrogens with zero attached hydrogens (tertiary/aromatic N) is 4. The molecule has 0 spiro atoms. The van der Waals surface area contributed by atoms with E-state index in [1.54, 1.807) is 13.2 Å². The Balaban J connectivity index is 0.000000271. The normalized spacial score (nSPS) is 14.0. The van der Waals surface area contributed by atoms with Crippen molar-refractivity contribution in [2.24, 2.45) is 0 Å². The van der Waals surface area contributed by atoms with Gasteiger partial charge >= 0.3 is 0 Å². The summed E-state index contributed by atoms with van der Waals surface area (Å²) in [4.78, 5) is 17.6. The Labute approximate surface area is 165 Å². The van der Waals surface area contributed by atoms with Gasteiger partial charge in [0.25, 0.3) is 0 Å². The van der Waals surface area contributed by atoms with Crippen LogP contribution in [0.4, 0.5) is 0 Å². The van der Waals surface area contributed by atoms with E-state index < -0.39 is 0 Å². The average molecular weight is 376 g/mol. The van der Waals surface area contributed by atoms with Gasteiger partial charge in [0.05, 0.1) is 18.2 Å². The molecule has 2 aromatic heterocycles. The number of nitriles is 1. The van der Waals surface area contributed by atoms with Crippen LogP contribution in [-0.2, 0) is 0 Å². The van der Waals surface area contributed by atoms with Crippen molar-refractivity contribution in [2.45, 2.75) is 19.3 Å². The minimum absolute atomic E-state index is 0.303. The summed E-state index contributed by atoms with van der Waals surface area (Å²) >= 11 is 0. The number of aldehydes is 1. The third-order valence-corrected chi connectivity index (χ3v) is 4.91. The minimum atomic E-state index is 0.303. The number of carbonyl (C=O) groups is 1. The summed E-state index contributed by atoms with van der Waals surface area (Å²) in [5, 5.41) is 9.90. The van der Waals surface area contributed by atoms with Crippen molar-refractivity contribution in [3.63, 3.8) is 0 Å². The van der Waals surface area contributed by atoms with Crippen molar-refractivity contribution in [3.05, 3.63) is 53.9 Å². The molecular weight excluding hydrogens is 352 g/mol. The molecular formula is C22H24N4O2. The molecule has 0 radical (unpaired) electrons. The Morgan fingerprint density at radius 3 is 2.39 bits per heavy atom. The predicted octanol–water partition coefficient (Wildman–Crippen LogP) is 3.82. The number of pyridine rings is 1. The third-order valence-electron chi connectivity index (χ3n) is 4.91. The molecule has 6 nitrogen and oxygen atoms in total. The Kier molecular flexibility index (Phi) is 6.41. The highest BCUT2D eigenvalue weighted by Gasteiger charge is 2.12. The molecule has 0 aliphatic carbocycles. The van der Waals surface area contributed by atoms with E-state index in [0.717, 1.165) is 11.4 Å². The van der Waals surface area contributed by atoms with E-state index in [1.165, 1.54) is 38.5 Å². The summed E-state index contributed by atoms with van der Waals surface area (Å²) in [6, 6.07) is 11.4. The van der Waals surface area contributed by atoms with E-state index in [1.807, 2.05) is 35.0 Å². The maximum Gasteiger partial charge on any atom is 0.152 e. The SMILES string of the molecule is CN1CCCCC1.COc1ccc(-n2ccc3c(C#N)c(C=O)cnc32)cc1. The molecule has 0 bridgehead atoms. The lowest BCUT2D eigenvalue weighted by Crippen LogP contribution is -2.24. The van der Waals surface area contributed by atoms with Gasteiger partial charge in [-0.1, -0.05) is 6.42 Å². The van der Waals surface area contributed by atoms with Gasteiger partial charge in [-0.25, -0.2) is 4.98 Å². The fourth-order valence-electron chi connectivity index (χ4n) is 3.32. The standard InChI is InChI=1S/C16H11N3O2.C6H13N/c1-21-13-4-2-12(3-5-13)19-7-6-14-15(8-17)11(10-20)9-18-16(14)19;1-7-5-3-2-4-6-7/h2-7,9-10H,1H3;2-6H2,1H3. The lowest BCUT2D eigenvalue weighted by atomic mass is 10.1. The molecule has 1 saturated heterocycles. The van der Waals surface area contributed by atoms with Crippen LogP contribution < -0.4 is 4.74 Å². The van der Waals surface area contributed by atoms with Crippen LogP contribution in [-0.4, -0.2) is 48.0 Å². The van der Waals surface area contributed by atoms with Crippen LogP contribution in [0.5, 0.6) is 5.75 Å². The Bertz CT molecular complexity index is 980. The molecule has 28 heavy (non-hydrogen) atoms. The first kappa shape index (κ1) is 19.6. The van der Waals surface area contributed by atoms with Gasteiger partial charge in [0.1, 0.15) is 17.5 Å².